The molecule has 40 heavy (non-hydrogen) atoms. The Bertz CT molecular complexity index is 1480. The molecule has 0 spiro atoms. The summed E-state index contributed by atoms with van der Waals surface area (Å²) in [6, 6.07) is 17.9. The summed E-state index contributed by atoms with van der Waals surface area (Å²) in [5, 5.41) is 11.1. The topological polar surface area (TPSA) is 175 Å². The van der Waals surface area contributed by atoms with Gasteiger partial charge in [0.2, 0.25) is 23.5 Å². The quantitative estimate of drug-likeness (QED) is 0.185. The third kappa shape index (κ3) is 7.64. The maximum Gasteiger partial charge on any atom is 0.255 e. The monoisotopic (exact) mass is 544 g/mol. The third-order valence-corrected chi connectivity index (χ3v) is 6.18. The van der Waals surface area contributed by atoms with E-state index < -0.39 is 17.9 Å². The van der Waals surface area contributed by atoms with Crippen molar-refractivity contribution in [1.82, 2.24) is 20.8 Å². The number of primary amides is 1. The van der Waals surface area contributed by atoms with E-state index in [1.807, 2.05) is 48.5 Å². The van der Waals surface area contributed by atoms with Gasteiger partial charge in [-0.1, -0.05) is 53.7 Å². The molecule has 1 aromatic heterocycles. The molecule has 3 amide bonds. The minimum atomic E-state index is -0.686. The zero-order chi connectivity index (χ0) is 28.5. The van der Waals surface area contributed by atoms with Gasteiger partial charge in [0.25, 0.3) is 5.91 Å². The van der Waals surface area contributed by atoms with Crippen molar-refractivity contribution in [3.8, 4) is 17.1 Å². The van der Waals surface area contributed by atoms with Crippen molar-refractivity contribution >= 4 is 28.5 Å². The van der Waals surface area contributed by atoms with E-state index in [1.165, 1.54) is 0 Å². The number of hydrogen-bond acceptors (Lipinski definition) is 8. The van der Waals surface area contributed by atoms with Crippen molar-refractivity contribution in [3.05, 3.63) is 77.7 Å². The summed E-state index contributed by atoms with van der Waals surface area (Å²) in [4.78, 5) is 40.4. The molecule has 11 heteroatoms. The fraction of sp³-hybridized carbons (Fsp3) is 0.276. The van der Waals surface area contributed by atoms with Crippen molar-refractivity contribution in [3.63, 3.8) is 0 Å². The maximum absolute atomic E-state index is 12.6. The molecule has 0 bridgehead atoms. The van der Waals surface area contributed by atoms with Gasteiger partial charge in [-0.25, -0.2) is 0 Å². The van der Waals surface area contributed by atoms with Crippen molar-refractivity contribution in [2.24, 2.45) is 11.5 Å². The van der Waals surface area contributed by atoms with Crippen LogP contribution in [-0.4, -0.2) is 53.6 Å². The molecule has 0 aliphatic heterocycles. The average Bonchev–Trinajstić information content (AvgIpc) is 3.39. The highest BCUT2D eigenvalue weighted by molar-refractivity contribution is 6.02. The van der Waals surface area contributed by atoms with Gasteiger partial charge < -0.3 is 31.4 Å². The Morgan fingerprint density at radius 1 is 1.00 bits per heavy atom. The molecule has 1 atom stereocenters. The Hall–Kier alpha value is -4.77. The third-order valence-electron chi connectivity index (χ3n) is 6.18. The van der Waals surface area contributed by atoms with E-state index in [9.17, 15) is 14.4 Å². The maximum atomic E-state index is 12.6. The smallest absolute Gasteiger partial charge is 0.255 e. The molecule has 11 nitrogen and oxygen atoms in total. The lowest BCUT2D eigenvalue weighted by molar-refractivity contribution is -0.122. The highest BCUT2D eigenvalue weighted by atomic mass is 16.5. The molecule has 0 aliphatic rings. The number of ether oxygens (including phenoxy) is 1. The SMILES string of the molecule is Cc1nc(-c2ccc(C[C@H](N)C(=O)NCCCCOc3cc4ccccc4cc3C(=O)NCC(N)=O)cc2)no1. The van der Waals surface area contributed by atoms with Crippen LogP contribution in [0, 0.1) is 6.92 Å². The molecule has 208 valence electrons. The summed E-state index contributed by atoms with van der Waals surface area (Å²) in [7, 11) is 0. The molecular formula is C29H32N6O5. The van der Waals surface area contributed by atoms with E-state index in [-0.39, 0.29) is 12.5 Å². The van der Waals surface area contributed by atoms with Gasteiger partial charge in [-0.15, -0.1) is 0 Å². The van der Waals surface area contributed by atoms with Gasteiger partial charge in [0, 0.05) is 19.0 Å². The number of aromatic nitrogens is 2. The molecule has 0 aliphatic carbocycles. The largest absolute Gasteiger partial charge is 0.493 e. The molecule has 0 saturated heterocycles. The number of nitrogens with zero attached hydrogens (tertiary/aromatic N) is 2. The first-order valence-electron chi connectivity index (χ1n) is 12.9. The van der Waals surface area contributed by atoms with Crippen molar-refractivity contribution < 1.29 is 23.6 Å². The van der Waals surface area contributed by atoms with Crippen LogP contribution < -0.4 is 26.8 Å². The van der Waals surface area contributed by atoms with Gasteiger partial charge in [0.1, 0.15) is 5.75 Å². The van der Waals surface area contributed by atoms with Gasteiger partial charge in [0.05, 0.1) is 24.8 Å². The predicted molar refractivity (Wildman–Crippen MR) is 149 cm³/mol. The molecule has 0 fully saturated rings. The van der Waals surface area contributed by atoms with Crippen LogP contribution in [0.3, 0.4) is 0 Å². The van der Waals surface area contributed by atoms with E-state index in [1.54, 1.807) is 19.1 Å². The van der Waals surface area contributed by atoms with Crippen molar-refractivity contribution in [2.75, 3.05) is 19.7 Å². The van der Waals surface area contributed by atoms with Gasteiger partial charge in [-0.3, -0.25) is 14.4 Å². The van der Waals surface area contributed by atoms with Crippen molar-refractivity contribution in [2.45, 2.75) is 32.2 Å². The fourth-order valence-electron chi connectivity index (χ4n) is 4.08. The van der Waals surface area contributed by atoms with Crippen LogP contribution in [0.15, 0.2) is 65.2 Å². The molecule has 0 unspecified atom stereocenters. The van der Waals surface area contributed by atoms with E-state index >= 15 is 0 Å². The normalized spacial score (nSPS) is 11.7. The zero-order valence-corrected chi connectivity index (χ0v) is 22.2. The van der Waals surface area contributed by atoms with Gasteiger partial charge >= 0.3 is 0 Å². The first-order valence-corrected chi connectivity index (χ1v) is 12.9. The lowest BCUT2D eigenvalue weighted by Gasteiger charge is -2.14. The van der Waals surface area contributed by atoms with Crippen molar-refractivity contribution in [1.29, 1.82) is 0 Å². The number of rotatable bonds is 13. The Morgan fingerprint density at radius 3 is 2.40 bits per heavy atom. The number of amides is 3. The molecule has 4 rings (SSSR count). The van der Waals surface area contributed by atoms with Crippen LogP contribution in [-0.2, 0) is 16.0 Å². The zero-order valence-electron chi connectivity index (χ0n) is 22.2. The Morgan fingerprint density at radius 2 is 1.73 bits per heavy atom. The van der Waals surface area contributed by atoms with E-state index in [4.69, 9.17) is 20.7 Å². The van der Waals surface area contributed by atoms with E-state index in [0.29, 0.717) is 55.4 Å². The Kier molecular flexibility index (Phi) is 9.42. The highest BCUT2D eigenvalue weighted by Gasteiger charge is 2.16. The second-order valence-electron chi connectivity index (χ2n) is 9.34. The summed E-state index contributed by atoms with van der Waals surface area (Å²) in [5.41, 5.74) is 13.3. The van der Waals surface area contributed by atoms with Crippen LogP contribution in [0.2, 0.25) is 0 Å². The summed E-state index contributed by atoms with van der Waals surface area (Å²) in [6.07, 6.45) is 1.69. The van der Waals surface area contributed by atoms with Gasteiger partial charge in [-0.05, 0) is 47.7 Å². The summed E-state index contributed by atoms with van der Waals surface area (Å²) >= 11 is 0. The lowest BCUT2D eigenvalue weighted by atomic mass is 10.0. The first-order chi connectivity index (χ1) is 19.3. The first kappa shape index (κ1) is 28.2. The number of carbonyl (C=O) groups is 3. The van der Waals surface area contributed by atoms with Gasteiger partial charge in [-0.2, -0.15) is 4.98 Å². The number of carbonyl (C=O) groups excluding carboxylic acids is 3. The number of nitrogens with two attached hydrogens (primary N) is 2. The van der Waals surface area contributed by atoms with Gasteiger partial charge in [0.15, 0.2) is 0 Å². The Balaban J connectivity index is 1.22. The number of unbranched alkanes of at least 4 members (excludes halogenated alkanes) is 1. The number of benzene rings is 3. The summed E-state index contributed by atoms with van der Waals surface area (Å²) in [5.74, 6) is 0.103. The lowest BCUT2D eigenvalue weighted by Crippen LogP contribution is -2.42. The van der Waals surface area contributed by atoms with Crippen LogP contribution in [0.25, 0.3) is 22.2 Å². The minimum absolute atomic E-state index is 0.235. The molecule has 6 N–H and O–H groups in total. The molecule has 1 heterocycles. The second-order valence-corrected chi connectivity index (χ2v) is 9.34. The highest BCUT2D eigenvalue weighted by Crippen LogP contribution is 2.26. The second kappa shape index (κ2) is 13.3. The summed E-state index contributed by atoms with van der Waals surface area (Å²) < 4.78 is 10.9. The molecule has 0 saturated carbocycles. The van der Waals surface area contributed by atoms with Crippen LogP contribution in [0.1, 0.15) is 34.7 Å². The number of fused-ring (bicyclic) bond motifs is 1. The number of nitrogens with one attached hydrogen (secondary N) is 2. The Labute approximate surface area is 231 Å². The fourth-order valence-corrected chi connectivity index (χ4v) is 4.08. The predicted octanol–water partition coefficient (Wildman–Crippen LogP) is 2.26. The van der Waals surface area contributed by atoms with E-state index in [0.717, 1.165) is 21.9 Å². The standard InChI is InChI=1S/C29H32N6O5/c1-18-34-27(35-40-18)20-10-8-19(9-11-20)14-24(30)29(38)32-12-4-5-13-39-25-16-22-7-3-2-6-21(22)15-23(25)28(37)33-17-26(31)36/h2-3,6-11,15-16,24H,4-5,12-14,17,30H2,1H3,(H2,31,36)(H,32,38)(H,33,37)/t24-/m0/s1. The number of hydrogen-bond donors (Lipinski definition) is 4. The summed E-state index contributed by atoms with van der Waals surface area (Å²) in [6.45, 7) is 2.24. The van der Waals surface area contributed by atoms with Crippen LogP contribution in [0.4, 0.5) is 0 Å². The van der Waals surface area contributed by atoms with Crippen LogP contribution in [0.5, 0.6) is 5.75 Å². The minimum Gasteiger partial charge on any atom is -0.493 e. The van der Waals surface area contributed by atoms with Crippen LogP contribution >= 0.6 is 0 Å². The molecule has 4 aromatic rings. The molecule has 3 aromatic carbocycles. The average molecular weight is 545 g/mol. The molecular weight excluding hydrogens is 512 g/mol. The number of aryl methyl sites for hydroxylation is 1. The van der Waals surface area contributed by atoms with E-state index in [2.05, 4.69) is 20.8 Å². The molecule has 0 radical (unpaired) electrons.